The Hall–Kier alpha value is -2.02. The molecule has 0 unspecified atom stereocenters. The van der Waals surface area contributed by atoms with Gasteiger partial charge in [-0.15, -0.1) is 0 Å². The van der Waals surface area contributed by atoms with Gasteiger partial charge < -0.3 is 10.0 Å². The summed E-state index contributed by atoms with van der Waals surface area (Å²) in [5, 5.41) is 20.2. The van der Waals surface area contributed by atoms with E-state index in [4.69, 9.17) is 0 Å². The van der Waals surface area contributed by atoms with Gasteiger partial charge in [-0.2, -0.15) is 0 Å². The first kappa shape index (κ1) is 16.0. The van der Waals surface area contributed by atoms with Crippen LogP contribution in [0, 0.1) is 15.9 Å². The monoisotopic (exact) mass is 284 g/mol. The van der Waals surface area contributed by atoms with Crippen molar-refractivity contribution >= 4 is 11.6 Å². The Balaban J connectivity index is 3.04. The minimum absolute atomic E-state index is 0.0404. The Morgan fingerprint density at radius 1 is 1.50 bits per heavy atom. The van der Waals surface area contributed by atoms with E-state index >= 15 is 0 Å². The van der Waals surface area contributed by atoms with Crippen LogP contribution in [0.1, 0.15) is 31.1 Å². The summed E-state index contributed by atoms with van der Waals surface area (Å²) in [6, 6.07) is 2.88. The second kappa shape index (κ2) is 5.96. The molecule has 0 saturated heterocycles. The van der Waals surface area contributed by atoms with Crippen LogP contribution in [0.4, 0.5) is 10.1 Å². The van der Waals surface area contributed by atoms with Crippen molar-refractivity contribution in [1.82, 2.24) is 4.90 Å². The van der Waals surface area contributed by atoms with Crippen LogP contribution in [0.3, 0.4) is 0 Å². The van der Waals surface area contributed by atoms with E-state index in [0.29, 0.717) is 12.6 Å². The fourth-order valence-electron chi connectivity index (χ4n) is 1.76. The molecule has 1 rings (SSSR count). The van der Waals surface area contributed by atoms with Crippen LogP contribution in [0.5, 0.6) is 0 Å². The summed E-state index contributed by atoms with van der Waals surface area (Å²) in [7, 11) is 0. The molecule has 0 fully saturated rings. The zero-order chi connectivity index (χ0) is 15.5. The number of carbonyl (C=O) groups is 1. The van der Waals surface area contributed by atoms with Gasteiger partial charge in [0.25, 0.3) is 11.6 Å². The van der Waals surface area contributed by atoms with Crippen molar-refractivity contribution in [2.45, 2.75) is 26.4 Å². The number of halogens is 1. The smallest absolute Gasteiger partial charge is 0.272 e. The molecule has 0 aliphatic heterocycles. The fraction of sp³-hybridized carbons (Fsp3) is 0.462. The minimum atomic E-state index is -1.11. The van der Waals surface area contributed by atoms with E-state index < -0.39 is 27.9 Å². The van der Waals surface area contributed by atoms with Crippen molar-refractivity contribution < 1.29 is 19.2 Å². The van der Waals surface area contributed by atoms with Crippen LogP contribution < -0.4 is 0 Å². The summed E-state index contributed by atoms with van der Waals surface area (Å²) in [4.78, 5) is 23.2. The van der Waals surface area contributed by atoms with Crippen LogP contribution in [-0.4, -0.2) is 39.5 Å². The molecule has 0 saturated carbocycles. The molecule has 20 heavy (non-hydrogen) atoms. The molecule has 1 aromatic rings. The molecule has 1 aromatic carbocycles. The third-order valence-corrected chi connectivity index (χ3v) is 2.64. The number of likely N-dealkylation sites (N-methyl/N-ethyl adjacent to an activating group) is 1. The Morgan fingerprint density at radius 3 is 2.50 bits per heavy atom. The summed E-state index contributed by atoms with van der Waals surface area (Å²) < 4.78 is 13.8. The van der Waals surface area contributed by atoms with Crippen LogP contribution in [-0.2, 0) is 0 Å². The molecule has 1 amide bonds. The topological polar surface area (TPSA) is 83.7 Å². The molecule has 110 valence electrons. The Kier molecular flexibility index (Phi) is 4.78. The van der Waals surface area contributed by atoms with Gasteiger partial charge in [0.05, 0.1) is 22.2 Å². The average Bonchev–Trinajstić information content (AvgIpc) is 2.33. The number of aliphatic hydroxyl groups is 1. The number of non-ortho nitro benzene ring substituents is 1. The van der Waals surface area contributed by atoms with Gasteiger partial charge in [-0.1, -0.05) is 0 Å². The van der Waals surface area contributed by atoms with Gasteiger partial charge in [0.15, 0.2) is 0 Å². The first-order valence-corrected chi connectivity index (χ1v) is 6.11. The molecule has 0 aromatic heterocycles. The second-order valence-electron chi connectivity index (χ2n) is 5.05. The zero-order valence-electron chi connectivity index (χ0n) is 11.6. The van der Waals surface area contributed by atoms with Gasteiger partial charge in [-0.3, -0.25) is 14.9 Å². The number of nitrogens with zero attached hydrogens (tertiary/aromatic N) is 2. The summed E-state index contributed by atoms with van der Waals surface area (Å²) in [6.45, 7) is 5.11. The molecule has 0 heterocycles. The Labute approximate surface area is 116 Å². The van der Waals surface area contributed by atoms with Crippen molar-refractivity contribution in [3.8, 4) is 0 Å². The minimum Gasteiger partial charge on any atom is -0.389 e. The molecular formula is C13H17FN2O4. The molecule has 0 atom stereocenters. The van der Waals surface area contributed by atoms with Crippen molar-refractivity contribution in [2.24, 2.45) is 0 Å². The van der Waals surface area contributed by atoms with Gasteiger partial charge in [0, 0.05) is 19.2 Å². The number of rotatable bonds is 5. The normalized spacial score (nSPS) is 11.2. The fourth-order valence-corrected chi connectivity index (χ4v) is 1.76. The molecule has 6 nitrogen and oxygen atoms in total. The summed E-state index contributed by atoms with van der Waals surface area (Å²) in [5.41, 5.74) is -1.77. The number of benzene rings is 1. The highest BCUT2D eigenvalue weighted by Crippen LogP contribution is 2.19. The van der Waals surface area contributed by atoms with Gasteiger partial charge in [-0.25, -0.2) is 4.39 Å². The standard InChI is InChI=1S/C13H17FN2O4/c1-4-15(8-13(2,3)18)12(17)10-6-5-9(16(19)20)7-11(10)14/h5-7,18H,4,8H2,1-3H3. The summed E-state index contributed by atoms with van der Waals surface area (Å²) in [6.07, 6.45) is 0. The van der Waals surface area contributed by atoms with Crippen LogP contribution in [0.25, 0.3) is 0 Å². The summed E-state index contributed by atoms with van der Waals surface area (Å²) in [5.74, 6) is -1.56. The van der Waals surface area contributed by atoms with Crippen molar-refractivity contribution in [3.05, 3.63) is 39.7 Å². The average molecular weight is 284 g/mol. The lowest BCUT2D eigenvalue weighted by atomic mass is 10.1. The maximum atomic E-state index is 13.8. The van der Waals surface area contributed by atoms with Crippen LogP contribution >= 0.6 is 0 Å². The third-order valence-electron chi connectivity index (χ3n) is 2.64. The molecular weight excluding hydrogens is 267 g/mol. The maximum Gasteiger partial charge on any atom is 0.272 e. The van der Waals surface area contributed by atoms with E-state index in [9.17, 15) is 24.4 Å². The van der Waals surface area contributed by atoms with E-state index in [1.54, 1.807) is 6.92 Å². The largest absolute Gasteiger partial charge is 0.389 e. The maximum absolute atomic E-state index is 13.8. The van der Waals surface area contributed by atoms with Crippen molar-refractivity contribution in [2.75, 3.05) is 13.1 Å². The molecule has 0 radical (unpaired) electrons. The number of amides is 1. The van der Waals surface area contributed by atoms with Gasteiger partial charge >= 0.3 is 0 Å². The van der Waals surface area contributed by atoms with E-state index in [1.807, 2.05) is 0 Å². The quantitative estimate of drug-likeness (QED) is 0.661. The highest BCUT2D eigenvalue weighted by atomic mass is 19.1. The molecule has 0 spiro atoms. The first-order valence-electron chi connectivity index (χ1n) is 6.11. The lowest BCUT2D eigenvalue weighted by Gasteiger charge is -2.28. The molecule has 1 N–H and O–H groups in total. The number of carbonyl (C=O) groups excluding carboxylic acids is 1. The SMILES string of the molecule is CCN(CC(C)(C)O)C(=O)c1ccc([N+](=O)[O-])cc1F. The summed E-state index contributed by atoms with van der Waals surface area (Å²) >= 11 is 0. The zero-order valence-corrected chi connectivity index (χ0v) is 11.6. The first-order chi connectivity index (χ1) is 9.15. The predicted molar refractivity (Wildman–Crippen MR) is 70.9 cm³/mol. The van der Waals surface area contributed by atoms with E-state index in [-0.39, 0.29) is 12.1 Å². The van der Waals surface area contributed by atoms with Crippen molar-refractivity contribution in [1.29, 1.82) is 0 Å². The molecule has 0 aliphatic carbocycles. The molecule has 0 bridgehead atoms. The van der Waals surface area contributed by atoms with E-state index in [2.05, 4.69) is 0 Å². The van der Waals surface area contributed by atoms with Gasteiger partial charge in [0.2, 0.25) is 0 Å². The third kappa shape index (κ3) is 3.99. The Morgan fingerprint density at radius 2 is 2.10 bits per heavy atom. The number of hydrogen-bond donors (Lipinski definition) is 1. The highest BCUT2D eigenvalue weighted by Gasteiger charge is 2.25. The van der Waals surface area contributed by atoms with E-state index in [1.165, 1.54) is 18.7 Å². The number of hydrogen-bond acceptors (Lipinski definition) is 4. The highest BCUT2D eigenvalue weighted by molar-refractivity contribution is 5.94. The Bertz CT molecular complexity index is 526. The molecule has 0 aliphatic rings. The van der Waals surface area contributed by atoms with E-state index in [0.717, 1.165) is 12.1 Å². The second-order valence-corrected chi connectivity index (χ2v) is 5.05. The van der Waals surface area contributed by atoms with Crippen LogP contribution in [0.15, 0.2) is 18.2 Å². The van der Waals surface area contributed by atoms with Gasteiger partial charge in [0.1, 0.15) is 5.82 Å². The van der Waals surface area contributed by atoms with Crippen molar-refractivity contribution in [3.63, 3.8) is 0 Å². The lowest BCUT2D eigenvalue weighted by molar-refractivity contribution is -0.385. The molecule has 7 heteroatoms. The van der Waals surface area contributed by atoms with Crippen LogP contribution in [0.2, 0.25) is 0 Å². The lowest BCUT2D eigenvalue weighted by Crippen LogP contribution is -2.42. The predicted octanol–water partition coefficient (Wildman–Crippen LogP) is 1.97. The number of nitro groups is 1. The number of nitro benzene ring substituents is 1. The van der Waals surface area contributed by atoms with Gasteiger partial charge in [-0.05, 0) is 26.8 Å².